The van der Waals surface area contributed by atoms with Gasteiger partial charge in [0.1, 0.15) is 11.8 Å². The summed E-state index contributed by atoms with van der Waals surface area (Å²) in [4.78, 5) is 14.6. The molecule has 2 aromatic carbocycles. The van der Waals surface area contributed by atoms with E-state index in [1.54, 1.807) is 29.9 Å². The highest BCUT2D eigenvalue weighted by atomic mass is 35.5. The number of rotatable bonds is 6. The number of halogens is 1. The predicted octanol–water partition coefficient (Wildman–Crippen LogP) is 2.92. The monoisotopic (exact) mass is 388 g/mol. The van der Waals surface area contributed by atoms with Crippen LogP contribution in [0.2, 0.25) is 0 Å². The van der Waals surface area contributed by atoms with Crippen molar-refractivity contribution < 1.29 is 9.53 Å². The van der Waals surface area contributed by atoms with Gasteiger partial charge in [0.2, 0.25) is 5.91 Å². The highest BCUT2D eigenvalue weighted by molar-refractivity contribution is 5.86. The van der Waals surface area contributed by atoms with Crippen molar-refractivity contribution in [2.45, 2.75) is 12.6 Å². The zero-order valence-electron chi connectivity index (χ0n) is 16.0. The number of aryl methyl sites for hydroxylation is 1. The van der Waals surface area contributed by atoms with Crippen LogP contribution in [0.5, 0.6) is 5.75 Å². The Morgan fingerprint density at radius 1 is 1.26 bits per heavy atom. The van der Waals surface area contributed by atoms with Crippen LogP contribution < -0.4 is 10.1 Å². The summed E-state index contributed by atoms with van der Waals surface area (Å²) in [7, 11) is 7.11. The summed E-state index contributed by atoms with van der Waals surface area (Å²) < 4.78 is 6.96. The van der Waals surface area contributed by atoms with Gasteiger partial charge in [-0.3, -0.25) is 9.48 Å². The van der Waals surface area contributed by atoms with Crippen LogP contribution in [0, 0.1) is 0 Å². The third kappa shape index (κ3) is 4.59. The number of benzene rings is 2. The molecule has 3 aromatic rings. The van der Waals surface area contributed by atoms with Crippen molar-refractivity contribution in [3.05, 3.63) is 59.9 Å². The van der Waals surface area contributed by atoms with Gasteiger partial charge in [-0.1, -0.05) is 18.2 Å². The summed E-state index contributed by atoms with van der Waals surface area (Å²) >= 11 is 0. The predicted molar refractivity (Wildman–Crippen MR) is 109 cm³/mol. The fourth-order valence-electron chi connectivity index (χ4n) is 3.09. The Kier molecular flexibility index (Phi) is 6.82. The summed E-state index contributed by atoms with van der Waals surface area (Å²) in [6.07, 6.45) is 3.58. The maximum absolute atomic E-state index is 12.8. The molecular weight excluding hydrogens is 364 g/mol. The van der Waals surface area contributed by atoms with Crippen molar-refractivity contribution >= 4 is 29.1 Å². The minimum absolute atomic E-state index is 0. The number of nitrogens with one attached hydrogen (secondary N) is 1. The molecule has 1 heterocycles. The van der Waals surface area contributed by atoms with Crippen LogP contribution in [0.25, 0.3) is 10.8 Å². The molecule has 1 N–H and O–H groups in total. The first-order valence-corrected chi connectivity index (χ1v) is 8.49. The van der Waals surface area contributed by atoms with Gasteiger partial charge in [0.15, 0.2) is 0 Å². The molecule has 0 saturated heterocycles. The SMILES string of the molecule is CNC(C(=O)N(C)Cc1ccc2cc(OC)ccc2c1)c1cnn(C)c1.Cl. The van der Waals surface area contributed by atoms with E-state index in [-0.39, 0.29) is 18.3 Å². The van der Waals surface area contributed by atoms with E-state index < -0.39 is 6.04 Å². The fourth-order valence-corrected chi connectivity index (χ4v) is 3.09. The molecule has 144 valence electrons. The van der Waals surface area contributed by atoms with Crippen LogP contribution in [0.15, 0.2) is 48.8 Å². The molecule has 0 aliphatic carbocycles. The molecular formula is C20H25ClN4O2. The Morgan fingerprint density at radius 3 is 2.59 bits per heavy atom. The van der Waals surface area contributed by atoms with Gasteiger partial charge in [-0.2, -0.15) is 5.10 Å². The molecule has 1 atom stereocenters. The molecule has 1 amide bonds. The van der Waals surface area contributed by atoms with E-state index in [1.165, 1.54) is 0 Å². The second kappa shape index (κ2) is 8.88. The lowest BCUT2D eigenvalue weighted by Crippen LogP contribution is -2.37. The van der Waals surface area contributed by atoms with Crippen LogP contribution in [0.3, 0.4) is 0 Å². The minimum atomic E-state index is -0.404. The number of aromatic nitrogens is 2. The zero-order valence-corrected chi connectivity index (χ0v) is 16.8. The van der Waals surface area contributed by atoms with Crippen molar-refractivity contribution in [2.75, 3.05) is 21.2 Å². The molecule has 0 fully saturated rings. The fraction of sp³-hybridized carbons (Fsp3) is 0.300. The highest BCUT2D eigenvalue weighted by Gasteiger charge is 2.23. The number of methoxy groups -OCH3 is 1. The van der Waals surface area contributed by atoms with Gasteiger partial charge in [-0.15, -0.1) is 12.4 Å². The quantitative estimate of drug-likeness (QED) is 0.705. The lowest BCUT2D eigenvalue weighted by atomic mass is 10.1. The molecule has 0 radical (unpaired) electrons. The highest BCUT2D eigenvalue weighted by Crippen LogP contribution is 2.23. The Morgan fingerprint density at radius 2 is 1.96 bits per heavy atom. The molecule has 1 unspecified atom stereocenters. The number of nitrogens with zero attached hydrogens (tertiary/aromatic N) is 3. The number of hydrogen-bond acceptors (Lipinski definition) is 4. The normalized spacial score (nSPS) is 11.7. The van der Waals surface area contributed by atoms with Gasteiger partial charge in [-0.25, -0.2) is 0 Å². The molecule has 0 saturated carbocycles. The molecule has 1 aromatic heterocycles. The van der Waals surface area contributed by atoms with Crippen molar-refractivity contribution in [1.29, 1.82) is 0 Å². The van der Waals surface area contributed by atoms with E-state index in [0.717, 1.165) is 27.6 Å². The summed E-state index contributed by atoms with van der Waals surface area (Å²) in [5, 5.41) is 9.48. The summed E-state index contributed by atoms with van der Waals surface area (Å²) in [5.41, 5.74) is 1.94. The molecule has 7 heteroatoms. The van der Waals surface area contributed by atoms with Crippen LogP contribution in [-0.4, -0.2) is 41.8 Å². The number of fused-ring (bicyclic) bond motifs is 1. The third-order valence-electron chi connectivity index (χ3n) is 4.50. The van der Waals surface area contributed by atoms with E-state index in [0.29, 0.717) is 6.54 Å². The van der Waals surface area contributed by atoms with Gasteiger partial charge >= 0.3 is 0 Å². The largest absolute Gasteiger partial charge is 0.497 e. The topological polar surface area (TPSA) is 59.4 Å². The average Bonchev–Trinajstić information content (AvgIpc) is 3.07. The first-order valence-electron chi connectivity index (χ1n) is 8.49. The van der Waals surface area contributed by atoms with Gasteiger partial charge in [-0.05, 0) is 41.6 Å². The summed E-state index contributed by atoms with van der Waals surface area (Å²) in [6.45, 7) is 0.541. The van der Waals surface area contributed by atoms with Crippen molar-refractivity contribution in [2.24, 2.45) is 7.05 Å². The number of likely N-dealkylation sites (N-methyl/N-ethyl adjacent to an activating group) is 2. The average molecular weight is 389 g/mol. The Bertz CT molecular complexity index is 925. The number of carbonyl (C=O) groups is 1. The standard InChI is InChI=1S/C20H24N4O2.ClH/c1-21-19(17-11-22-24(3)13-17)20(25)23(2)12-14-5-6-16-10-18(26-4)8-7-15(16)9-14;/h5-11,13,19,21H,12H2,1-4H3;1H. The van der Waals surface area contributed by atoms with E-state index in [4.69, 9.17) is 4.74 Å². The summed E-state index contributed by atoms with van der Waals surface area (Å²) in [6, 6.07) is 11.8. The number of hydrogen-bond donors (Lipinski definition) is 1. The number of amides is 1. The van der Waals surface area contributed by atoms with E-state index in [9.17, 15) is 4.79 Å². The first kappa shape index (κ1) is 20.7. The minimum Gasteiger partial charge on any atom is -0.497 e. The Hall–Kier alpha value is -2.57. The van der Waals surface area contributed by atoms with E-state index >= 15 is 0 Å². The maximum Gasteiger partial charge on any atom is 0.244 e. The van der Waals surface area contributed by atoms with E-state index in [1.807, 2.05) is 44.6 Å². The smallest absolute Gasteiger partial charge is 0.244 e. The molecule has 6 nitrogen and oxygen atoms in total. The number of carbonyl (C=O) groups excluding carboxylic acids is 1. The van der Waals surface area contributed by atoms with Crippen molar-refractivity contribution in [3.63, 3.8) is 0 Å². The van der Waals surface area contributed by atoms with Crippen LogP contribution >= 0.6 is 12.4 Å². The lowest BCUT2D eigenvalue weighted by Gasteiger charge is -2.23. The van der Waals surface area contributed by atoms with Gasteiger partial charge < -0.3 is 15.0 Å². The van der Waals surface area contributed by atoms with Gasteiger partial charge in [0, 0.05) is 32.4 Å². The molecule has 3 rings (SSSR count). The van der Waals surface area contributed by atoms with E-state index in [2.05, 4.69) is 22.5 Å². The van der Waals surface area contributed by atoms with Gasteiger partial charge in [0.25, 0.3) is 0 Å². The maximum atomic E-state index is 12.8. The molecule has 0 aliphatic heterocycles. The molecule has 0 spiro atoms. The second-order valence-electron chi connectivity index (χ2n) is 6.41. The summed E-state index contributed by atoms with van der Waals surface area (Å²) in [5.74, 6) is 0.848. The first-order chi connectivity index (χ1) is 12.5. The lowest BCUT2D eigenvalue weighted by molar-refractivity contribution is -0.132. The molecule has 0 bridgehead atoms. The van der Waals surface area contributed by atoms with Crippen molar-refractivity contribution in [1.82, 2.24) is 20.0 Å². The van der Waals surface area contributed by atoms with Gasteiger partial charge in [0.05, 0.1) is 13.3 Å². The zero-order chi connectivity index (χ0) is 18.7. The number of ether oxygens (including phenoxy) is 1. The third-order valence-corrected chi connectivity index (χ3v) is 4.50. The Balaban J connectivity index is 0.00000261. The van der Waals surface area contributed by atoms with Crippen LogP contribution in [0.1, 0.15) is 17.2 Å². The second-order valence-corrected chi connectivity index (χ2v) is 6.41. The Labute approximate surface area is 165 Å². The van der Waals surface area contributed by atoms with Crippen LogP contribution in [0.4, 0.5) is 0 Å². The molecule has 27 heavy (non-hydrogen) atoms. The van der Waals surface area contributed by atoms with Crippen LogP contribution in [-0.2, 0) is 18.4 Å². The van der Waals surface area contributed by atoms with Crippen molar-refractivity contribution in [3.8, 4) is 5.75 Å². The molecule has 0 aliphatic rings.